The number of ether oxygens (including phenoxy) is 6. The van der Waals surface area contributed by atoms with Crippen LogP contribution in [0.25, 0.3) is 11.1 Å². The molecule has 5 aliphatic carbocycles. The molecule has 0 bridgehead atoms. The van der Waals surface area contributed by atoms with Gasteiger partial charge in [-0.2, -0.15) is 0 Å². The number of hydrogen-bond acceptors (Lipinski definition) is 9. The number of carbonyl (C=O) groups excluding carboxylic acids is 3. The summed E-state index contributed by atoms with van der Waals surface area (Å²) < 4.78 is 36.2. The summed E-state index contributed by atoms with van der Waals surface area (Å²) in [6.45, 7) is 17.8. The van der Waals surface area contributed by atoms with Crippen molar-refractivity contribution < 1.29 is 42.8 Å². The van der Waals surface area contributed by atoms with Crippen molar-refractivity contribution in [2.24, 2.45) is 35.5 Å². The molecule has 9 heteroatoms. The van der Waals surface area contributed by atoms with Crippen LogP contribution in [0.4, 0.5) is 0 Å². The predicted octanol–water partition coefficient (Wildman–Crippen LogP) is 19.2. The number of rotatable bonds is 30. The largest absolute Gasteiger partial charge is 0.494 e. The normalized spacial score (nSPS) is 24.0. The molecule has 0 unspecified atom stereocenters. The molecule has 0 heterocycles. The Morgan fingerprint density at radius 3 is 1.51 bits per heavy atom. The average Bonchev–Trinajstić information content (AvgIpc) is 1.86. The van der Waals surface area contributed by atoms with E-state index < -0.39 is 11.2 Å². The highest BCUT2D eigenvalue weighted by Crippen LogP contribution is 2.50. The number of benzene rings is 4. The molecule has 4 aromatic carbocycles. The topological polar surface area (TPSA) is 107 Å². The summed E-state index contributed by atoms with van der Waals surface area (Å²) in [6, 6.07) is 28.2. The Morgan fingerprint density at radius 2 is 0.989 bits per heavy atom. The quantitative estimate of drug-likeness (QED) is 0.00845. The summed E-state index contributed by atoms with van der Waals surface area (Å²) in [5, 5.41) is 0. The van der Waals surface area contributed by atoms with Crippen LogP contribution in [0.5, 0.6) is 11.5 Å². The summed E-state index contributed by atoms with van der Waals surface area (Å²) in [7, 11) is 0. The number of fused-ring (bicyclic) bond motifs is 3. The Hall–Kier alpha value is -6.53. The van der Waals surface area contributed by atoms with Crippen LogP contribution in [-0.2, 0) is 35.8 Å². The highest BCUT2D eigenvalue weighted by Gasteiger charge is 2.44. The second-order valence-electron chi connectivity index (χ2n) is 26.2. The molecule has 4 fully saturated rings. The third-order valence-electron chi connectivity index (χ3n) is 20.3. The van der Waals surface area contributed by atoms with Crippen LogP contribution in [0.15, 0.2) is 123 Å². The van der Waals surface area contributed by atoms with Crippen LogP contribution in [0, 0.1) is 47.3 Å². The molecule has 4 saturated carbocycles. The van der Waals surface area contributed by atoms with Crippen molar-refractivity contribution in [2.75, 3.05) is 26.4 Å². The molecule has 0 aromatic heterocycles. The molecule has 9 nitrogen and oxygen atoms in total. The minimum Gasteiger partial charge on any atom is -0.494 e. The van der Waals surface area contributed by atoms with Gasteiger partial charge in [-0.05, 0) is 271 Å². The Labute approximate surface area is 521 Å². The Balaban J connectivity index is 0.864. The van der Waals surface area contributed by atoms with Gasteiger partial charge in [0.1, 0.15) is 22.9 Å². The number of allylic oxidation sites excluding steroid dienone is 1. The number of carbonyl (C=O) groups is 3. The second-order valence-corrected chi connectivity index (χ2v) is 26.2. The molecule has 9 rings (SSSR count). The van der Waals surface area contributed by atoms with Gasteiger partial charge in [-0.1, -0.05) is 115 Å². The molecule has 5 aliphatic rings. The Kier molecular flexibility index (Phi) is 24.3. The van der Waals surface area contributed by atoms with Gasteiger partial charge in [-0.3, -0.25) is 0 Å². The molecular weight excluding hydrogens is 1080 g/mol. The Morgan fingerprint density at radius 1 is 0.517 bits per heavy atom. The monoisotopic (exact) mass is 1180 g/mol. The fourth-order valence-electron chi connectivity index (χ4n) is 15.2. The summed E-state index contributed by atoms with van der Waals surface area (Å²) in [6.07, 6.45) is 34.2. The number of hydrogen-bond donors (Lipinski definition) is 0. The highest BCUT2D eigenvalue weighted by atomic mass is 16.6. The van der Waals surface area contributed by atoms with Gasteiger partial charge in [0.2, 0.25) is 0 Å². The molecule has 0 aliphatic heterocycles. The van der Waals surface area contributed by atoms with Gasteiger partial charge in [0, 0.05) is 11.6 Å². The van der Waals surface area contributed by atoms with Crippen molar-refractivity contribution >= 4 is 17.9 Å². The average molecular weight is 1180 g/mol. The van der Waals surface area contributed by atoms with Crippen LogP contribution in [-0.4, -0.2) is 49.9 Å². The maximum Gasteiger partial charge on any atom is 0.339 e. The van der Waals surface area contributed by atoms with Gasteiger partial charge >= 0.3 is 17.9 Å². The minimum atomic E-state index is -0.892. The van der Waals surface area contributed by atoms with E-state index in [1.807, 2.05) is 36.4 Å². The summed E-state index contributed by atoms with van der Waals surface area (Å²) in [5.74, 6) is 12.8. The van der Waals surface area contributed by atoms with E-state index in [9.17, 15) is 14.4 Å². The van der Waals surface area contributed by atoms with Crippen LogP contribution in [0.3, 0.4) is 0 Å². The number of unbranched alkanes of at least 4 members (excludes halogenated alkanes) is 6. The van der Waals surface area contributed by atoms with Crippen molar-refractivity contribution in [3.63, 3.8) is 0 Å². The third kappa shape index (κ3) is 18.3. The fraction of sp³-hybridized carbons (Fsp3) is 0.551. The summed E-state index contributed by atoms with van der Waals surface area (Å²) >= 11 is 0. The maximum atomic E-state index is 14.4. The molecule has 0 N–H and O–H groups in total. The molecule has 0 amide bonds. The highest BCUT2D eigenvalue weighted by molar-refractivity contribution is 5.91. The molecule has 466 valence electrons. The molecule has 0 atom stereocenters. The van der Waals surface area contributed by atoms with Gasteiger partial charge < -0.3 is 28.4 Å². The van der Waals surface area contributed by atoms with Crippen molar-refractivity contribution in [3.05, 3.63) is 156 Å². The molecular formula is C78H100O9. The standard InChI is InChI=1S/C78H100O9/c1-6-18-58-20-25-61(26-21-58)63-41-46-77(47-42-63,86-75(80)65-29-34-70(35-30-65)83-52-16-12-13-17-53-85-74(79)9-4)45-40-60-24-38-72-67(54-60)55-68-56-69(33-39-73(68)72)78(48-43-64(44-49-78)62-27-22-59(19-7-2)23-28-62)87-76(81)66-31-36-71(37-32-66)84-51-15-11-10-14-50-82-57(5)8-3/h8-9,24,29-39,54,56,58-59,61-64H,3-7,10-23,25-28,41-44,46-53,55H2,1-2H3. The SMILES string of the molecule is C=CC(=C)OCCCCCCOc1ccc(C(=O)OC2(c3ccc4c(c3)Cc3cc(C#CC5(OC(=O)c6ccc(OCCCCCCOC(=O)C=C)cc6)CCC(C6CCC(CCC)CC6)CC5)ccc3-4)CCC(C3CCC(CCC)CC3)CC2)cc1. The molecule has 0 radical (unpaired) electrons. The summed E-state index contributed by atoms with van der Waals surface area (Å²) in [4.78, 5) is 39.8. The zero-order chi connectivity index (χ0) is 60.9. The van der Waals surface area contributed by atoms with E-state index >= 15 is 0 Å². The van der Waals surface area contributed by atoms with Crippen molar-refractivity contribution in [1.29, 1.82) is 0 Å². The van der Waals surface area contributed by atoms with Gasteiger partial charge in [0.15, 0.2) is 5.60 Å². The van der Waals surface area contributed by atoms with Crippen molar-refractivity contribution in [1.82, 2.24) is 0 Å². The second kappa shape index (κ2) is 32.6. The third-order valence-corrected chi connectivity index (χ3v) is 20.3. The minimum absolute atomic E-state index is 0.287. The summed E-state index contributed by atoms with van der Waals surface area (Å²) in [5.41, 5.74) is 6.33. The van der Waals surface area contributed by atoms with Gasteiger partial charge in [-0.25, -0.2) is 14.4 Å². The molecule has 4 aromatic rings. The van der Waals surface area contributed by atoms with Crippen molar-refractivity contribution in [3.8, 4) is 34.5 Å². The molecule has 0 saturated heterocycles. The lowest BCUT2D eigenvalue weighted by Crippen LogP contribution is -2.39. The zero-order valence-electron chi connectivity index (χ0n) is 52.8. The molecule has 0 spiro atoms. The van der Waals surface area contributed by atoms with Gasteiger partial charge in [-0.15, -0.1) is 0 Å². The lowest BCUT2D eigenvalue weighted by molar-refractivity contribution is -0.137. The zero-order valence-corrected chi connectivity index (χ0v) is 52.8. The van der Waals surface area contributed by atoms with Gasteiger partial charge in [0.05, 0.1) is 37.6 Å². The Bertz CT molecular complexity index is 2940. The lowest BCUT2D eigenvalue weighted by Gasteiger charge is -2.43. The van der Waals surface area contributed by atoms with Crippen LogP contribution in [0.2, 0.25) is 0 Å². The van der Waals surface area contributed by atoms with E-state index in [1.54, 1.807) is 18.2 Å². The van der Waals surface area contributed by atoms with Crippen LogP contribution < -0.4 is 9.47 Å². The van der Waals surface area contributed by atoms with E-state index in [0.29, 0.717) is 60.9 Å². The van der Waals surface area contributed by atoms with E-state index in [4.69, 9.17) is 28.4 Å². The van der Waals surface area contributed by atoms with E-state index in [2.05, 4.69) is 81.8 Å². The smallest absolute Gasteiger partial charge is 0.339 e. The fourth-order valence-corrected chi connectivity index (χ4v) is 15.2. The van der Waals surface area contributed by atoms with E-state index in [0.717, 1.165) is 150 Å². The lowest BCUT2D eigenvalue weighted by atomic mass is 9.66. The first-order valence-electron chi connectivity index (χ1n) is 33.9. The van der Waals surface area contributed by atoms with Crippen LogP contribution >= 0.6 is 0 Å². The van der Waals surface area contributed by atoms with E-state index in [1.165, 1.54) is 105 Å². The predicted molar refractivity (Wildman–Crippen MR) is 349 cm³/mol. The molecule has 87 heavy (non-hydrogen) atoms. The first kappa shape index (κ1) is 64.9. The van der Waals surface area contributed by atoms with Gasteiger partial charge in [0.25, 0.3) is 0 Å². The van der Waals surface area contributed by atoms with Crippen molar-refractivity contribution in [2.45, 2.75) is 211 Å². The first-order chi connectivity index (χ1) is 42.5. The first-order valence-corrected chi connectivity index (χ1v) is 33.9. The maximum absolute atomic E-state index is 14.4. The van der Waals surface area contributed by atoms with E-state index in [-0.39, 0.29) is 17.9 Å². The van der Waals surface area contributed by atoms with Crippen LogP contribution in [0.1, 0.15) is 237 Å². The number of esters is 3.